The Hall–Kier alpha value is -3.48. The molecule has 0 atom stereocenters. The van der Waals surface area contributed by atoms with Crippen LogP contribution < -0.4 is 10.9 Å². The third kappa shape index (κ3) is 4.03. The first kappa shape index (κ1) is 18.3. The zero-order chi connectivity index (χ0) is 19.4. The van der Waals surface area contributed by atoms with Crippen molar-refractivity contribution >= 4 is 22.6 Å². The molecule has 0 radical (unpaired) electrons. The minimum atomic E-state index is -0.497. The molecule has 2 aromatic carbocycles. The first-order chi connectivity index (χ1) is 13.0. The summed E-state index contributed by atoms with van der Waals surface area (Å²) >= 11 is 0. The second-order valence-electron chi connectivity index (χ2n) is 6.31. The number of likely N-dealkylation sites (N-methyl/N-ethyl adjacent to an activating group) is 1. The third-order valence-electron chi connectivity index (χ3n) is 4.16. The molecule has 0 saturated carbocycles. The van der Waals surface area contributed by atoms with Crippen LogP contribution in [0.2, 0.25) is 0 Å². The van der Waals surface area contributed by atoms with Gasteiger partial charge in [-0.3, -0.25) is 14.4 Å². The fourth-order valence-corrected chi connectivity index (χ4v) is 2.66. The number of rotatable bonds is 5. The first-order valence-electron chi connectivity index (χ1n) is 8.49. The number of benzene rings is 2. The Bertz CT molecular complexity index is 1040. The second kappa shape index (κ2) is 7.82. The van der Waals surface area contributed by atoms with Crippen molar-refractivity contribution in [3.63, 3.8) is 0 Å². The zero-order valence-corrected chi connectivity index (χ0v) is 15.2. The van der Waals surface area contributed by atoms with Gasteiger partial charge in [-0.2, -0.15) is 5.10 Å². The molecule has 3 aromatic rings. The highest BCUT2D eigenvalue weighted by atomic mass is 16.2. The van der Waals surface area contributed by atoms with E-state index in [4.69, 9.17) is 0 Å². The average molecular weight is 364 g/mol. The van der Waals surface area contributed by atoms with E-state index < -0.39 is 5.91 Å². The van der Waals surface area contributed by atoms with Crippen LogP contribution in [-0.4, -0.2) is 47.1 Å². The lowest BCUT2D eigenvalue weighted by atomic mass is 10.1. The summed E-state index contributed by atoms with van der Waals surface area (Å²) < 4.78 is 1.28. The maximum atomic E-state index is 12.8. The smallest absolute Gasteiger partial charge is 0.274 e. The average Bonchev–Trinajstić information content (AvgIpc) is 2.68. The second-order valence-corrected chi connectivity index (χ2v) is 6.31. The molecular weight excluding hydrogens is 344 g/mol. The third-order valence-corrected chi connectivity index (χ3v) is 4.16. The van der Waals surface area contributed by atoms with E-state index in [1.807, 2.05) is 30.3 Å². The van der Waals surface area contributed by atoms with Crippen LogP contribution in [0.5, 0.6) is 0 Å². The highest BCUT2D eigenvalue weighted by molar-refractivity contribution is 6.05. The van der Waals surface area contributed by atoms with Gasteiger partial charge in [-0.05, 0) is 11.6 Å². The number of nitrogens with zero attached hydrogens (tertiary/aromatic N) is 3. The van der Waals surface area contributed by atoms with Gasteiger partial charge in [0.15, 0.2) is 5.69 Å². The summed E-state index contributed by atoms with van der Waals surface area (Å²) in [6, 6.07) is 16.3. The van der Waals surface area contributed by atoms with Gasteiger partial charge in [-0.25, -0.2) is 4.68 Å². The molecule has 0 aliphatic carbocycles. The predicted molar refractivity (Wildman–Crippen MR) is 103 cm³/mol. The minimum Gasteiger partial charge on any atom is -0.347 e. The largest absolute Gasteiger partial charge is 0.347 e. The van der Waals surface area contributed by atoms with Crippen LogP contribution >= 0.6 is 0 Å². The van der Waals surface area contributed by atoms with Gasteiger partial charge in [-0.15, -0.1) is 0 Å². The lowest BCUT2D eigenvalue weighted by Gasteiger charge is -2.13. The molecule has 0 saturated heterocycles. The molecule has 1 heterocycles. The monoisotopic (exact) mass is 364 g/mol. The van der Waals surface area contributed by atoms with Gasteiger partial charge in [0.25, 0.3) is 11.5 Å². The fraction of sp³-hybridized carbons (Fsp3) is 0.200. The van der Waals surface area contributed by atoms with Crippen LogP contribution in [0.3, 0.4) is 0 Å². The topological polar surface area (TPSA) is 84.3 Å². The number of hydrogen-bond donors (Lipinski definition) is 1. The molecule has 2 amide bonds. The van der Waals surface area contributed by atoms with Crippen molar-refractivity contribution < 1.29 is 9.59 Å². The fourth-order valence-electron chi connectivity index (χ4n) is 2.66. The van der Waals surface area contributed by atoms with Gasteiger partial charge in [0.1, 0.15) is 0 Å². The van der Waals surface area contributed by atoms with Crippen LogP contribution in [0.15, 0.2) is 59.4 Å². The van der Waals surface area contributed by atoms with E-state index >= 15 is 0 Å². The van der Waals surface area contributed by atoms with Crippen molar-refractivity contribution in [3.05, 3.63) is 76.2 Å². The first-order valence-corrected chi connectivity index (χ1v) is 8.49. The lowest BCUT2D eigenvalue weighted by Crippen LogP contribution is -2.37. The minimum absolute atomic E-state index is 0.118. The number of amides is 2. The maximum Gasteiger partial charge on any atom is 0.274 e. The number of fused-ring (bicyclic) bond motifs is 1. The standard InChI is InChI=1S/C20H20N4O3/c1-23(2)17(25)12-21-19(26)18-15-10-6-7-11-16(15)20(27)24(22-18)13-14-8-4-3-5-9-14/h3-11H,12-13H2,1-2H3,(H,21,26). The Morgan fingerprint density at radius 3 is 2.30 bits per heavy atom. The van der Waals surface area contributed by atoms with E-state index in [1.165, 1.54) is 9.58 Å². The van der Waals surface area contributed by atoms with E-state index in [0.717, 1.165) is 5.56 Å². The Kier molecular flexibility index (Phi) is 5.30. The molecule has 0 spiro atoms. The van der Waals surface area contributed by atoms with Crippen LogP contribution in [0.25, 0.3) is 10.8 Å². The highest BCUT2D eigenvalue weighted by Crippen LogP contribution is 2.14. The van der Waals surface area contributed by atoms with Gasteiger partial charge in [-0.1, -0.05) is 48.5 Å². The van der Waals surface area contributed by atoms with E-state index in [1.54, 1.807) is 38.4 Å². The SMILES string of the molecule is CN(C)C(=O)CNC(=O)c1nn(Cc2ccccc2)c(=O)c2ccccc12. The number of nitrogens with one attached hydrogen (secondary N) is 1. The molecule has 0 aliphatic rings. The molecule has 0 unspecified atom stereocenters. The van der Waals surface area contributed by atoms with Crippen molar-refractivity contribution in [2.45, 2.75) is 6.54 Å². The quantitative estimate of drug-likeness (QED) is 0.739. The Morgan fingerprint density at radius 2 is 1.63 bits per heavy atom. The van der Waals surface area contributed by atoms with Crippen LogP contribution in [-0.2, 0) is 11.3 Å². The van der Waals surface area contributed by atoms with Gasteiger partial charge in [0, 0.05) is 19.5 Å². The summed E-state index contributed by atoms with van der Waals surface area (Å²) in [7, 11) is 3.23. The molecule has 7 heteroatoms. The summed E-state index contributed by atoms with van der Waals surface area (Å²) in [5.41, 5.74) is 0.750. The van der Waals surface area contributed by atoms with Crippen molar-refractivity contribution in [1.29, 1.82) is 0 Å². The molecule has 138 valence electrons. The van der Waals surface area contributed by atoms with Gasteiger partial charge < -0.3 is 10.2 Å². The van der Waals surface area contributed by atoms with Crippen LogP contribution in [0.4, 0.5) is 0 Å². The Balaban J connectivity index is 2.01. The lowest BCUT2D eigenvalue weighted by molar-refractivity contribution is -0.127. The van der Waals surface area contributed by atoms with Crippen LogP contribution in [0.1, 0.15) is 16.1 Å². The zero-order valence-electron chi connectivity index (χ0n) is 15.2. The van der Waals surface area contributed by atoms with Crippen molar-refractivity contribution in [1.82, 2.24) is 20.0 Å². The van der Waals surface area contributed by atoms with Gasteiger partial charge in [0.2, 0.25) is 5.91 Å². The molecule has 3 rings (SSSR count). The summed E-state index contributed by atoms with van der Waals surface area (Å²) in [6.07, 6.45) is 0. The number of hydrogen-bond acceptors (Lipinski definition) is 4. The van der Waals surface area contributed by atoms with E-state index in [0.29, 0.717) is 10.8 Å². The summed E-state index contributed by atoms with van der Waals surface area (Å²) in [5, 5.41) is 7.73. The van der Waals surface area contributed by atoms with E-state index in [9.17, 15) is 14.4 Å². The van der Waals surface area contributed by atoms with Gasteiger partial charge >= 0.3 is 0 Å². The molecular formula is C20H20N4O3. The summed E-state index contributed by atoms with van der Waals surface area (Å²) in [6.45, 7) is 0.112. The maximum absolute atomic E-state index is 12.8. The number of carbonyl (C=O) groups excluding carboxylic acids is 2. The number of carbonyl (C=O) groups is 2. The summed E-state index contributed by atoms with van der Waals surface area (Å²) in [4.78, 5) is 38.5. The van der Waals surface area contributed by atoms with Crippen molar-refractivity contribution in [3.8, 4) is 0 Å². The van der Waals surface area contributed by atoms with Crippen molar-refractivity contribution in [2.75, 3.05) is 20.6 Å². The Morgan fingerprint density at radius 1 is 1.00 bits per heavy atom. The molecule has 1 N–H and O–H groups in total. The van der Waals surface area contributed by atoms with Gasteiger partial charge in [0.05, 0.1) is 18.5 Å². The summed E-state index contributed by atoms with van der Waals surface area (Å²) in [5.74, 6) is -0.728. The highest BCUT2D eigenvalue weighted by Gasteiger charge is 2.17. The normalized spacial score (nSPS) is 10.6. The molecule has 0 bridgehead atoms. The number of aromatic nitrogens is 2. The molecule has 27 heavy (non-hydrogen) atoms. The van der Waals surface area contributed by atoms with Crippen LogP contribution in [0, 0.1) is 0 Å². The molecule has 0 fully saturated rings. The van der Waals surface area contributed by atoms with Crippen molar-refractivity contribution in [2.24, 2.45) is 0 Å². The molecule has 0 aliphatic heterocycles. The van der Waals surface area contributed by atoms with E-state index in [2.05, 4.69) is 10.4 Å². The molecule has 7 nitrogen and oxygen atoms in total. The Labute approximate surface area is 156 Å². The predicted octanol–water partition coefficient (Wildman–Crippen LogP) is 1.26. The molecule has 1 aromatic heterocycles. The van der Waals surface area contributed by atoms with E-state index in [-0.39, 0.29) is 30.2 Å².